The summed E-state index contributed by atoms with van der Waals surface area (Å²) >= 11 is 11.8. The summed E-state index contributed by atoms with van der Waals surface area (Å²) in [6.07, 6.45) is 2.47. The lowest BCUT2D eigenvalue weighted by molar-refractivity contribution is 0.100. The van der Waals surface area contributed by atoms with Crippen LogP contribution in [0.3, 0.4) is 0 Å². The van der Waals surface area contributed by atoms with Crippen LogP contribution in [0, 0.1) is 0 Å². The second kappa shape index (κ2) is 11.7. The van der Waals surface area contributed by atoms with Crippen molar-refractivity contribution in [2.75, 3.05) is 13.1 Å². The fourth-order valence-electron chi connectivity index (χ4n) is 2.82. The van der Waals surface area contributed by atoms with Gasteiger partial charge in [-0.25, -0.2) is 0 Å². The summed E-state index contributed by atoms with van der Waals surface area (Å²) in [6, 6.07) is 14.5. The minimum Gasteiger partial charge on any atom is -0.292 e. The molecule has 0 aliphatic carbocycles. The lowest BCUT2D eigenvalue weighted by Gasteiger charge is -2.10. The van der Waals surface area contributed by atoms with Gasteiger partial charge in [0.2, 0.25) is 0 Å². The van der Waals surface area contributed by atoms with Crippen LogP contribution in [0.1, 0.15) is 49.0 Å². The average molecular weight is 429 g/mol. The Morgan fingerprint density at radius 3 is 1.86 bits per heavy atom. The highest BCUT2D eigenvalue weighted by Gasteiger charge is 2.10. The molecule has 0 aromatic heterocycles. The van der Waals surface area contributed by atoms with E-state index in [4.69, 9.17) is 28.2 Å². The van der Waals surface area contributed by atoms with Crippen molar-refractivity contribution in [1.82, 2.24) is 0 Å². The molecule has 0 heterocycles. The number of hydrogen-bond acceptors (Lipinski definition) is 3. The second-order valence-electron chi connectivity index (χ2n) is 6.67. The van der Waals surface area contributed by atoms with Crippen LogP contribution < -0.4 is 0 Å². The number of aliphatic imine (C=N–C) groups is 2. The molecule has 3 nitrogen and oxygen atoms in total. The quantitative estimate of drug-likeness (QED) is 0.297. The first kappa shape index (κ1) is 23.1. The Balaban J connectivity index is 2.12. The molecule has 0 aliphatic rings. The van der Waals surface area contributed by atoms with E-state index in [0.717, 1.165) is 41.8 Å². The molecular weight excluding hydrogens is 403 g/mol. The van der Waals surface area contributed by atoms with Gasteiger partial charge in [0.25, 0.3) is 0 Å². The zero-order chi connectivity index (χ0) is 21.2. The first-order valence-electron chi connectivity index (χ1n) is 9.74. The van der Waals surface area contributed by atoms with E-state index in [1.165, 1.54) is 0 Å². The van der Waals surface area contributed by atoms with Crippen molar-refractivity contribution in [2.45, 2.75) is 33.1 Å². The standard InChI is InChI=1S/C24H26Cl2N2O/c1-4-6-23(28-16-24(29)19-9-13-21(26)14-10-19)22(5-2)27-15-17(3)18-7-11-20(25)12-8-18/h7-14H,3-6,15-16H2,1-2H3. The first-order chi connectivity index (χ1) is 13.9. The summed E-state index contributed by atoms with van der Waals surface area (Å²) in [5.74, 6) is -0.0312. The van der Waals surface area contributed by atoms with Gasteiger partial charge in [0.05, 0.1) is 18.0 Å². The molecule has 152 valence electrons. The first-order valence-corrected chi connectivity index (χ1v) is 10.5. The Kier molecular flexibility index (Phi) is 9.30. The molecular formula is C24H26Cl2N2O. The van der Waals surface area contributed by atoms with Crippen molar-refractivity contribution < 1.29 is 4.79 Å². The summed E-state index contributed by atoms with van der Waals surface area (Å²) in [5.41, 5.74) is 4.35. The highest BCUT2D eigenvalue weighted by atomic mass is 35.5. The maximum absolute atomic E-state index is 12.4. The molecule has 2 aromatic carbocycles. The third kappa shape index (κ3) is 7.26. The van der Waals surface area contributed by atoms with E-state index in [2.05, 4.69) is 25.4 Å². The molecule has 0 atom stereocenters. The van der Waals surface area contributed by atoms with Crippen LogP contribution in [-0.2, 0) is 0 Å². The predicted molar refractivity (Wildman–Crippen MR) is 126 cm³/mol. The number of carbonyl (C=O) groups is 1. The Labute approximate surface area is 183 Å². The van der Waals surface area contributed by atoms with Crippen LogP contribution >= 0.6 is 23.2 Å². The van der Waals surface area contributed by atoms with Crippen molar-refractivity contribution in [3.8, 4) is 0 Å². The summed E-state index contributed by atoms with van der Waals surface area (Å²) < 4.78 is 0. The van der Waals surface area contributed by atoms with Gasteiger partial charge < -0.3 is 0 Å². The topological polar surface area (TPSA) is 41.8 Å². The smallest absolute Gasteiger partial charge is 0.184 e. The number of carbonyl (C=O) groups excluding carboxylic acids is 1. The number of Topliss-reactive ketones (excluding diaryl/α,β-unsaturated/α-hetero) is 1. The van der Waals surface area contributed by atoms with E-state index in [0.29, 0.717) is 22.2 Å². The summed E-state index contributed by atoms with van der Waals surface area (Å²) in [7, 11) is 0. The van der Waals surface area contributed by atoms with Crippen LogP contribution in [0.15, 0.2) is 65.1 Å². The van der Waals surface area contributed by atoms with Crippen LogP contribution in [0.5, 0.6) is 0 Å². The van der Waals surface area contributed by atoms with Gasteiger partial charge in [-0.15, -0.1) is 0 Å². The lowest BCUT2D eigenvalue weighted by Crippen LogP contribution is -2.17. The van der Waals surface area contributed by atoms with Crippen LogP contribution in [-0.4, -0.2) is 30.3 Å². The third-order valence-electron chi connectivity index (χ3n) is 4.45. The normalized spacial score (nSPS) is 12.1. The number of hydrogen-bond donors (Lipinski definition) is 0. The van der Waals surface area contributed by atoms with Crippen molar-refractivity contribution in [3.63, 3.8) is 0 Å². The van der Waals surface area contributed by atoms with Gasteiger partial charge >= 0.3 is 0 Å². The fourth-order valence-corrected chi connectivity index (χ4v) is 3.07. The largest absolute Gasteiger partial charge is 0.292 e. The van der Waals surface area contributed by atoms with Crippen molar-refractivity contribution in [1.29, 1.82) is 0 Å². The molecule has 0 aliphatic heterocycles. The van der Waals surface area contributed by atoms with Gasteiger partial charge in [-0.05, 0) is 60.4 Å². The SMILES string of the molecule is C=C(CN=C(CC)C(CCC)=NCC(=O)c1ccc(Cl)cc1)c1ccc(Cl)cc1. The monoisotopic (exact) mass is 428 g/mol. The molecule has 5 heteroatoms. The second-order valence-corrected chi connectivity index (χ2v) is 7.54. The number of benzene rings is 2. The van der Waals surface area contributed by atoms with Crippen LogP contribution in [0.25, 0.3) is 5.57 Å². The Bertz CT molecular complexity index is 897. The number of halogens is 2. The molecule has 0 N–H and O–H groups in total. The molecule has 0 spiro atoms. The van der Waals surface area contributed by atoms with Gasteiger partial charge in [-0.1, -0.05) is 62.2 Å². The van der Waals surface area contributed by atoms with Gasteiger partial charge in [0, 0.05) is 15.6 Å². The summed E-state index contributed by atoms with van der Waals surface area (Å²) in [5, 5.41) is 1.31. The molecule has 0 amide bonds. The zero-order valence-electron chi connectivity index (χ0n) is 16.9. The van der Waals surface area contributed by atoms with E-state index in [9.17, 15) is 4.79 Å². The van der Waals surface area contributed by atoms with Gasteiger partial charge in [-0.3, -0.25) is 14.8 Å². The van der Waals surface area contributed by atoms with E-state index < -0.39 is 0 Å². The lowest BCUT2D eigenvalue weighted by atomic mass is 10.1. The van der Waals surface area contributed by atoms with Crippen molar-refractivity contribution in [2.24, 2.45) is 9.98 Å². The van der Waals surface area contributed by atoms with Crippen molar-refractivity contribution in [3.05, 3.63) is 76.3 Å². The fraction of sp³-hybridized carbons (Fsp3) is 0.292. The van der Waals surface area contributed by atoms with Crippen LogP contribution in [0.2, 0.25) is 10.0 Å². The molecule has 0 fully saturated rings. The van der Waals surface area contributed by atoms with Crippen molar-refractivity contribution >= 4 is 46.0 Å². The summed E-state index contributed by atoms with van der Waals surface area (Å²) in [6.45, 7) is 8.87. The molecule has 0 saturated heterocycles. The third-order valence-corrected chi connectivity index (χ3v) is 4.95. The van der Waals surface area contributed by atoms with E-state index in [-0.39, 0.29) is 12.3 Å². The number of ketones is 1. The molecule has 2 aromatic rings. The molecule has 0 bridgehead atoms. The Morgan fingerprint density at radius 1 is 0.828 bits per heavy atom. The predicted octanol–water partition coefficient (Wildman–Crippen LogP) is 6.98. The zero-order valence-corrected chi connectivity index (χ0v) is 18.4. The molecule has 2 rings (SSSR count). The van der Waals surface area contributed by atoms with Gasteiger partial charge in [-0.2, -0.15) is 0 Å². The summed E-state index contributed by atoms with van der Waals surface area (Å²) in [4.78, 5) is 21.8. The molecule has 0 saturated carbocycles. The maximum Gasteiger partial charge on any atom is 0.184 e. The van der Waals surface area contributed by atoms with E-state index in [1.54, 1.807) is 24.3 Å². The van der Waals surface area contributed by atoms with Gasteiger partial charge in [0.15, 0.2) is 5.78 Å². The number of nitrogens with zero attached hydrogens (tertiary/aromatic N) is 2. The Hall–Kier alpha value is -2.23. The van der Waals surface area contributed by atoms with Gasteiger partial charge in [0.1, 0.15) is 6.54 Å². The average Bonchev–Trinajstić information content (AvgIpc) is 2.72. The van der Waals surface area contributed by atoms with E-state index in [1.807, 2.05) is 24.3 Å². The molecule has 0 radical (unpaired) electrons. The molecule has 29 heavy (non-hydrogen) atoms. The Morgan fingerprint density at radius 2 is 1.34 bits per heavy atom. The van der Waals surface area contributed by atoms with E-state index >= 15 is 0 Å². The minimum atomic E-state index is -0.0312. The highest BCUT2D eigenvalue weighted by Crippen LogP contribution is 2.17. The molecule has 0 unspecified atom stereocenters. The minimum absolute atomic E-state index is 0.0312. The van der Waals surface area contributed by atoms with Crippen LogP contribution in [0.4, 0.5) is 0 Å². The number of rotatable bonds is 10. The maximum atomic E-state index is 12.4. The highest BCUT2D eigenvalue weighted by molar-refractivity contribution is 6.42.